The molecule has 3 saturated carbocycles. The Morgan fingerprint density at radius 2 is 1.84 bits per heavy atom. The quantitative estimate of drug-likeness (QED) is 0.860. The number of fused-ring (bicyclic) bond motifs is 5. The van der Waals surface area contributed by atoms with E-state index in [-0.39, 0.29) is 5.91 Å². The molecule has 2 heteroatoms. The minimum absolute atomic E-state index is 0.278. The standard InChI is InChI=1S/C17H21NO/c1-9-3-4-10(2)13(7-9)18-17(19)16-14-11-5-6-12(8-11)15(14)16/h3-4,7,11-12,14-16H,5-6,8H2,1-2H3,(H,18,19)/t11-,12-,14-,15-/m0/s1. The summed E-state index contributed by atoms with van der Waals surface area (Å²) >= 11 is 0. The Balaban J connectivity index is 1.50. The molecule has 0 aliphatic heterocycles. The molecular weight excluding hydrogens is 234 g/mol. The first kappa shape index (κ1) is 11.5. The molecule has 0 spiro atoms. The van der Waals surface area contributed by atoms with Gasteiger partial charge in [-0.3, -0.25) is 4.79 Å². The van der Waals surface area contributed by atoms with Gasteiger partial charge in [0.15, 0.2) is 0 Å². The molecule has 0 radical (unpaired) electrons. The third-order valence-corrected chi connectivity index (χ3v) is 5.69. The summed E-state index contributed by atoms with van der Waals surface area (Å²) in [5.74, 6) is 3.79. The first-order chi connectivity index (χ1) is 9.15. The summed E-state index contributed by atoms with van der Waals surface area (Å²) in [6.07, 6.45) is 4.15. The molecule has 1 amide bonds. The van der Waals surface area contributed by atoms with Crippen molar-refractivity contribution in [3.63, 3.8) is 0 Å². The lowest BCUT2D eigenvalue weighted by Gasteiger charge is -2.12. The van der Waals surface area contributed by atoms with Crippen LogP contribution in [0, 0.1) is 43.4 Å². The third-order valence-electron chi connectivity index (χ3n) is 5.69. The van der Waals surface area contributed by atoms with Crippen LogP contribution in [0.1, 0.15) is 30.4 Å². The lowest BCUT2D eigenvalue weighted by atomic mass is 10.0. The monoisotopic (exact) mass is 255 g/mol. The second kappa shape index (κ2) is 3.84. The van der Waals surface area contributed by atoms with Gasteiger partial charge in [0, 0.05) is 11.6 Å². The highest BCUT2D eigenvalue weighted by atomic mass is 16.2. The number of carbonyl (C=O) groups is 1. The predicted molar refractivity (Wildman–Crippen MR) is 75.8 cm³/mol. The van der Waals surface area contributed by atoms with Gasteiger partial charge < -0.3 is 5.32 Å². The van der Waals surface area contributed by atoms with Gasteiger partial charge in [-0.25, -0.2) is 0 Å². The summed E-state index contributed by atoms with van der Waals surface area (Å²) in [6, 6.07) is 6.26. The Morgan fingerprint density at radius 3 is 2.53 bits per heavy atom. The minimum atomic E-state index is 0.278. The highest BCUT2D eigenvalue weighted by Gasteiger charge is 2.67. The van der Waals surface area contributed by atoms with Crippen LogP contribution in [0.15, 0.2) is 18.2 Å². The van der Waals surface area contributed by atoms with Gasteiger partial charge in [-0.15, -0.1) is 0 Å². The van der Waals surface area contributed by atoms with Crippen LogP contribution in [0.5, 0.6) is 0 Å². The lowest BCUT2D eigenvalue weighted by Crippen LogP contribution is -2.19. The van der Waals surface area contributed by atoms with E-state index in [1.165, 1.54) is 24.8 Å². The fraction of sp³-hybridized carbons (Fsp3) is 0.588. The minimum Gasteiger partial charge on any atom is -0.326 e. The number of aryl methyl sites for hydroxylation is 2. The summed E-state index contributed by atoms with van der Waals surface area (Å²) < 4.78 is 0. The maximum absolute atomic E-state index is 12.5. The third kappa shape index (κ3) is 1.65. The molecule has 4 rings (SSSR count). The summed E-state index contributed by atoms with van der Waals surface area (Å²) in [6.45, 7) is 4.13. The molecule has 0 heterocycles. The van der Waals surface area contributed by atoms with Crippen LogP contribution in [-0.2, 0) is 4.79 Å². The van der Waals surface area contributed by atoms with Crippen molar-refractivity contribution in [2.75, 3.05) is 5.32 Å². The molecule has 100 valence electrons. The molecule has 1 aromatic carbocycles. The summed E-state index contributed by atoms with van der Waals surface area (Å²) in [7, 11) is 0. The Bertz CT molecular complexity index is 534. The fourth-order valence-corrected chi connectivity index (χ4v) is 4.76. The van der Waals surface area contributed by atoms with Crippen molar-refractivity contribution in [2.45, 2.75) is 33.1 Å². The lowest BCUT2D eigenvalue weighted by molar-refractivity contribution is -0.118. The highest BCUT2D eigenvalue weighted by molar-refractivity contribution is 5.95. The molecule has 1 aromatic rings. The maximum Gasteiger partial charge on any atom is 0.228 e. The van der Waals surface area contributed by atoms with Crippen LogP contribution in [-0.4, -0.2) is 5.91 Å². The second-order valence-electron chi connectivity index (χ2n) is 6.82. The van der Waals surface area contributed by atoms with E-state index in [0.29, 0.717) is 5.92 Å². The van der Waals surface area contributed by atoms with E-state index in [4.69, 9.17) is 0 Å². The molecule has 0 aromatic heterocycles. The number of carbonyl (C=O) groups excluding carboxylic acids is 1. The smallest absolute Gasteiger partial charge is 0.228 e. The zero-order valence-corrected chi connectivity index (χ0v) is 11.6. The maximum atomic E-state index is 12.5. The van der Waals surface area contributed by atoms with Crippen molar-refractivity contribution in [2.24, 2.45) is 29.6 Å². The van der Waals surface area contributed by atoms with Crippen molar-refractivity contribution in [1.82, 2.24) is 0 Å². The Hall–Kier alpha value is -1.31. The average molecular weight is 255 g/mol. The fourth-order valence-electron chi connectivity index (χ4n) is 4.76. The molecule has 4 atom stereocenters. The van der Waals surface area contributed by atoms with Crippen LogP contribution in [0.25, 0.3) is 0 Å². The van der Waals surface area contributed by atoms with Crippen molar-refractivity contribution in [3.05, 3.63) is 29.3 Å². The van der Waals surface area contributed by atoms with Crippen molar-refractivity contribution in [1.29, 1.82) is 0 Å². The van der Waals surface area contributed by atoms with Crippen LogP contribution in [0.4, 0.5) is 5.69 Å². The van der Waals surface area contributed by atoms with Gasteiger partial charge in [-0.2, -0.15) is 0 Å². The zero-order valence-electron chi connectivity index (χ0n) is 11.6. The Labute approximate surface area is 114 Å². The molecule has 3 fully saturated rings. The zero-order chi connectivity index (χ0) is 13.1. The van der Waals surface area contributed by atoms with Crippen LogP contribution < -0.4 is 5.32 Å². The molecule has 2 nitrogen and oxygen atoms in total. The van der Waals surface area contributed by atoms with Gasteiger partial charge in [0.05, 0.1) is 0 Å². The molecule has 19 heavy (non-hydrogen) atoms. The van der Waals surface area contributed by atoms with E-state index in [0.717, 1.165) is 34.9 Å². The van der Waals surface area contributed by atoms with Crippen molar-refractivity contribution >= 4 is 11.6 Å². The summed E-state index contributed by atoms with van der Waals surface area (Å²) in [5, 5.41) is 3.17. The average Bonchev–Trinajstić information content (AvgIpc) is 2.83. The number of nitrogens with one attached hydrogen (secondary N) is 1. The van der Waals surface area contributed by atoms with Gasteiger partial charge in [-0.1, -0.05) is 12.1 Å². The number of anilines is 1. The van der Waals surface area contributed by atoms with Gasteiger partial charge in [-0.05, 0) is 74.0 Å². The molecular formula is C17H21NO. The second-order valence-corrected chi connectivity index (χ2v) is 6.82. The molecule has 2 bridgehead atoms. The number of hydrogen-bond acceptors (Lipinski definition) is 1. The van der Waals surface area contributed by atoms with Gasteiger partial charge in [0.2, 0.25) is 5.91 Å². The Kier molecular flexibility index (Phi) is 2.33. The first-order valence-electron chi connectivity index (χ1n) is 7.53. The molecule has 0 unspecified atom stereocenters. The Morgan fingerprint density at radius 1 is 1.16 bits per heavy atom. The van der Waals surface area contributed by atoms with E-state index in [1.54, 1.807) is 0 Å². The van der Waals surface area contributed by atoms with E-state index < -0.39 is 0 Å². The molecule has 1 N–H and O–H groups in total. The van der Waals surface area contributed by atoms with E-state index in [1.807, 2.05) is 0 Å². The van der Waals surface area contributed by atoms with Gasteiger partial charge in [0.1, 0.15) is 0 Å². The number of amides is 1. The van der Waals surface area contributed by atoms with E-state index in [9.17, 15) is 4.79 Å². The van der Waals surface area contributed by atoms with Crippen molar-refractivity contribution in [3.8, 4) is 0 Å². The van der Waals surface area contributed by atoms with E-state index in [2.05, 4.69) is 37.4 Å². The largest absolute Gasteiger partial charge is 0.326 e. The number of benzene rings is 1. The summed E-state index contributed by atoms with van der Waals surface area (Å²) in [5.41, 5.74) is 3.37. The van der Waals surface area contributed by atoms with Crippen LogP contribution >= 0.6 is 0 Å². The SMILES string of the molecule is Cc1ccc(C)c(NC(=O)C2[C@H]3[C@H]4CC[C@@H](C4)[C@H]23)c1. The summed E-state index contributed by atoms with van der Waals surface area (Å²) in [4.78, 5) is 12.5. The van der Waals surface area contributed by atoms with Gasteiger partial charge >= 0.3 is 0 Å². The predicted octanol–water partition coefficient (Wildman–Crippen LogP) is 3.53. The molecule has 3 aliphatic rings. The normalized spacial score (nSPS) is 38.1. The topological polar surface area (TPSA) is 29.1 Å². The van der Waals surface area contributed by atoms with Crippen LogP contribution in [0.3, 0.4) is 0 Å². The van der Waals surface area contributed by atoms with Crippen LogP contribution in [0.2, 0.25) is 0 Å². The van der Waals surface area contributed by atoms with E-state index >= 15 is 0 Å². The van der Waals surface area contributed by atoms with Gasteiger partial charge in [0.25, 0.3) is 0 Å². The highest BCUT2D eigenvalue weighted by Crippen LogP contribution is 2.69. The number of rotatable bonds is 2. The number of hydrogen-bond donors (Lipinski definition) is 1. The first-order valence-corrected chi connectivity index (χ1v) is 7.53. The molecule has 0 saturated heterocycles. The van der Waals surface area contributed by atoms with Crippen molar-refractivity contribution < 1.29 is 4.79 Å². The molecule has 3 aliphatic carbocycles.